The Kier molecular flexibility index (Phi) is 4.56. The van der Waals surface area contributed by atoms with E-state index in [2.05, 4.69) is 30.8 Å². The second-order valence-electron chi connectivity index (χ2n) is 4.06. The third-order valence-corrected chi connectivity index (χ3v) is 2.69. The smallest absolute Gasteiger partial charge is 0.0853 e. The summed E-state index contributed by atoms with van der Waals surface area (Å²) in [5.41, 5.74) is 1.85. The predicted molar refractivity (Wildman–Crippen MR) is 62.9 cm³/mol. The molecular formula is C12H20N2O. The average molecular weight is 208 g/mol. The van der Waals surface area contributed by atoms with Gasteiger partial charge in [0.1, 0.15) is 0 Å². The lowest BCUT2D eigenvalue weighted by molar-refractivity contribution is 0.277. The Balaban J connectivity index is 2.68. The molecule has 1 aromatic heterocycles. The van der Waals surface area contributed by atoms with E-state index in [4.69, 9.17) is 5.11 Å². The summed E-state index contributed by atoms with van der Waals surface area (Å²) < 4.78 is 0. The molecule has 0 aliphatic carbocycles. The second-order valence-corrected chi connectivity index (χ2v) is 4.06. The summed E-state index contributed by atoms with van der Waals surface area (Å²) in [6, 6.07) is 3.91. The second kappa shape index (κ2) is 5.71. The molecule has 3 nitrogen and oxygen atoms in total. The fraction of sp³-hybridized carbons (Fsp3) is 0.583. The molecule has 0 spiro atoms. The zero-order chi connectivity index (χ0) is 11.3. The van der Waals surface area contributed by atoms with Gasteiger partial charge in [-0.3, -0.25) is 4.98 Å². The maximum Gasteiger partial charge on any atom is 0.0853 e. The zero-order valence-electron chi connectivity index (χ0n) is 9.77. The van der Waals surface area contributed by atoms with Crippen molar-refractivity contribution < 1.29 is 5.11 Å². The van der Waals surface area contributed by atoms with E-state index in [1.807, 2.05) is 12.1 Å². The van der Waals surface area contributed by atoms with Crippen LogP contribution in [0.2, 0.25) is 0 Å². The van der Waals surface area contributed by atoms with Gasteiger partial charge in [0, 0.05) is 25.5 Å². The lowest BCUT2D eigenvalue weighted by Crippen LogP contribution is -2.23. The van der Waals surface area contributed by atoms with E-state index >= 15 is 0 Å². The summed E-state index contributed by atoms with van der Waals surface area (Å²) in [6.07, 6.45) is 2.93. The Morgan fingerprint density at radius 3 is 2.87 bits per heavy atom. The van der Waals surface area contributed by atoms with Crippen molar-refractivity contribution in [2.75, 3.05) is 18.5 Å². The van der Waals surface area contributed by atoms with E-state index in [-0.39, 0.29) is 6.61 Å². The lowest BCUT2D eigenvalue weighted by Gasteiger charge is -2.22. The highest BCUT2D eigenvalue weighted by Crippen LogP contribution is 2.15. The number of hydrogen-bond donors (Lipinski definition) is 1. The first-order chi connectivity index (χ1) is 7.17. The minimum absolute atomic E-state index is 0.00497. The van der Waals surface area contributed by atoms with Crippen molar-refractivity contribution >= 4 is 5.69 Å². The van der Waals surface area contributed by atoms with Crippen molar-refractivity contribution in [3.8, 4) is 0 Å². The van der Waals surface area contributed by atoms with Gasteiger partial charge in [-0.25, -0.2) is 0 Å². The van der Waals surface area contributed by atoms with Crippen molar-refractivity contribution in [1.82, 2.24) is 4.98 Å². The molecule has 1 rings (SSSR count). The van der Waals surface area contributed by atoms with Crippen LogP contribution in [-0.4, -0.2) is 23.7 Å². The number of anilines is 1. The quantitative estimate of drug-likeness (QED) is 0.804. The van der Waals surface area contributed by atoms with Crippen LogP contribution in [0.3, 0.4) is 0 Å². The summed E-state index contributed by atoms with van der Waals surface area (Å²) in [7, 11) is 2.07. The molecule has 1 unspecified atom stereocenters. The van der Waals surface area contributed by atoms with Crippen molar-refractivity contribution in [1.29, 1.82) is 0 Å². The highest BCUT2D eigenvalue weighted by atomic mass is 16.3. The topological polar surface area (TPSA) is 36.4 Å². The van der Waals surface area contributed by atoms with Gasteiger partial charge in [-0.1, -0.05) is 20.3 Å². The fourth-order valence-corrected chi connectivity index (χ4v) is 1.49. The summed E-state index contributed by atoms with van der Waals surface area (Å²) in [4.78, 5) is 6.27. The molecule has 1 N–H and O–H groups in total. The number of pyridine rings is 1. The Hall–Kier alpha value is -1.09. The third-order valence-electron chi connectivity index (χ3n) is 2.69. The van der Waals surface area contributed by atoms with Gasteiger partial charge in [0.05, 0.1) is 12.3 Å². The van der Waals surface area contributed by atoms with Gasteiger partial charge >= 0.3 is 0 Å². The molecule has 0 fully saturated rings. The molecule has 0 saturated heterocycles. The number of aliphatic hydroxyl groups excluding tert-OH is 1. The minimum Gasteiger partial charge on any atom is -0.390 e. The van der Waals surface area contributed by atoms with Crippen LogP contribution in [0.4, 0.5) is 5.69 Å². The van der Waals surface area contributed by atoms with E-state index in [0.717, 1.165) is 17.9 Å². The van der Waals surface area contributed by atoms with E-state index in [1.54, 1.807) is 6.20 Å². The van der Waals surface area contributed by atoms with Gasteiger partial charge in [0.2, 0.25) is 0 Å². The molecule has 0 bridgehead atoms. The van der Waals surface area contributed by atoms with Gasteiger partial charge in [0.15, 0.2) is 0 Å². The van der Waals surface area contributed by atoms with Gasteiger partial charge in [-0.15, -0.1) is 0 Å². The molecule has 0 saturated carbocycles. The van der Waals surface area contributed by atoms with E-state index in [1.165, 1.54) is 6.42 Å². The SMILES string of the molecule is CCC(C)CN(C)c1ccnc(CO)c1. The largest absolute Gasteiger partial charge is 0.390 e. The monoisotopic (exact) mass is 208 g/mol. The predicted octanol–water partition coefficient (Wildman–Crippen LogP) is 2.06. The normalized spacial score (nSPS) is 12.5. The van der Waals surface area contributed by atoms with Crippen LogP contribution in [-0.2, 0) is 6.61 Å². The van der Waals surface area contributed by atoms with Crippen LogP contribution in [0.25, 0.3) is 0 Å². The third kappa shape index (κ3) is 3.51. The van der Waals surface area contributed by atoms with Crippen molar-refractivity contribution in [2.24, 2.45) is 5.92 Å². The molecule has 0 amide bonds. The van der Waals surface area contributed by atoms with Crippen molar-refractivity contribution in [3.05, 3.63) is 24.0 Å². The van der Waals surface area contributed by atoms with Gasteiger partial charge < -0.3 is 10.0 Å². The average Bonchev–Trinajstić information content (AvgIpc) is 2.28. The number of rotatable bonds is 5. The number of aliphatic hydroxyl groups is 1. The Morgan fingerprint density at radius 2 is 2.27 bits per heavy atom. The molecule has 15 heavy (non-hydrogen) atoms. The molecular weight excluding hydrogens is 188 g/mol. The molecule has 84 valence electrons. The van der Waals surface area contributed by atoms with Crippen LogP contribution in [0, 0.1) is 5.92 Å². The van der Waals surface area contributed by atoms with Gasteiger partial charge in [-0.05, 0) is 18.1 Å². The molecule has 3 heteroatoms. The first-order valence-electron chi connectivity index (χ1n) is 5.44. The molecule has 1 aromatic rings. The molecule has 0 radical (unpaired) electrons. The minimum atomic E-state index is 0.00497. The van der Waals surface area contributed by atoms with Crippen LogP contribution in [0.15, 0.2) is 18.3 Å². The Bertz CT molecular complexity index is 301. The van der Waals surface area contributed by atoms with Crippen molar-refractivity contribution in [3.63, 3.8) is 0 Å². The highest BCUT2D eigenvalue weighted by Gasteiger charge is 2.06. The summed E-state index contributed by atoms with van der Waals surface area (Å²) in [5.74, 6) is 0.681. The Morgan fingerprint density at radius 1 is 1.53 bits per heavy atom. The summed E-state index contributed by atoms with van der Waals surface area (Å²) >= 11 is 0. The standard InChI is InChI=1S/C12H20N2O/c1-4-10(2)8-14(3)12-5-6-13-11(7-12)9-15/h5-7,10,15H,4,8-9H2,1-3H3. The first kappa shape index (κ1) is 12.0. The number of aromatic nitrogens is 1. The van der Waals surface area contributed by atoms with Crippen molar-refractivity contribution in [2.45, 2.75) is 26.9 Å². The van der Waals surface area contributed by atoms with E-state index in [9.17, 15) is 0 Å². The fourth-order valence-electron chi connectivity index (χ4n) is 1.49. The first-order valence-corrected chi connectivity index (χ1v) is 5.44. The maximum atomic E-state index is 8.99. The van der Waals surface area contributed by atoms with Crippen LogP contribution in [0.1, 0.15) is 26.0 Å². The highest BCUT2D eigenvalue weighted by molar-refractivity contribution is 5.45. The number of nitrogens with zero attached hydrogens (tertiary/aromatic N) is 2. The van der Waals surface area contributed by atoms with Crippen LogP contribution >= 0.6 is 0 Å². The molecule has 1 heterocycles. The van der Waals surface area contributed by atoms with E-state index in [0.29, 0.717) is 5.92 Å². The van der Waals surface area contributed by atoms with Gasteiger partial charge in [-0.2, -0.15) is 0 Å². The molecule has 0 aliphatic rings. The maximum absolute atomic E-state index is 8.99. The Labute approximate surface area is 91.8 Å². The number of hydrogen-bond acceptors (Lipinski definition) is 3. The molecule has 1 atom stereocenters. The molecule has 0 aromatic carbocycles. The lowest BCUT2D eigenvalue weighted by atomic mass is 10.1. The van der Waals surface area contributed by atoms with Crippen LogP contribution in [0.5, 0.6) is 0 Å². The van der Waals surface area contributed by atoms with Gasteiger partial charge in [0.25, 0.3) is 0 Å². The zero-order valence-corrected chi connectivity index (χ0v) is 9.77. The summed E-state index contributed by atoms with van der Waals surface area (Å²) in [6.45, 7) is 5.48. The van der Waals surface area contributed by atoms with E-state index < -0.39 is 0 Å². The van der Waals surface area contributed by atoms with Crippen LogP contribution < -0.4 is 4.90 Å². The summed E-state index contributed by atoms with van der Waals surface area (Å²) in [5, 5.41) is 8.99. The molecule has 0 aliphatic heterocycles.